The van der Waals surface area contributed by atoms with Crippen molar-refractivity contribution in [3.63, 3.8) is 0 Å². The van der Waals surface area contributed by atoms with Crippen LogP contribution in [0.3, 0.4) is 0 Å². The summed E-state index contributed by atoms with van der Waals surface area (Å²) < 4.78 is 33.1. The Labute approximate surface area is 115 Å². The van der Waals surface area contributed by atoms with Crippen LogP contribution in [-0.2, 0) is 16.1 Å². The fourth-order valence-corrected chi connectivity index (χ4v) is 3.52. The summed E-state index contributed by atoms with van der Waals surface area (Å²) in [5.74, 6) is -3.86. The van der Waals surface area contributed by atoms with Gasteiger partial charge in [-0.25, -0.2) is 8.78 Å². The molecule has 1 N–H and O–H groups in total. The standard InChI is InChI=1S/C15H16F2O3/c16-15(17)13(6-7-18)9-14(15,10-13)12(19)20-8-11-4-2-1-3-5-11/h1-5,18H,6-10H2. The van der Waals surface area contributed by atoms with Gasteiger partial charge in [-0.15, -0.1) is 0 Å². The molecule has 5 heteroatoms. The zero-order valence-electron chi connectivity index (χ0n) is 10.9. The monoisotopic (exact) mass is 282 g/mol. The van der Waals surface area contributed by atoms with Gasteiger partial charge in [0.1, 0.15) is 12.0 Å². The van der Waals surface area contributed by atoms with E-state index in [0.29, 0.717) is 0 Å². The van der Waals surface area contributed by atoms with Crippen LogP contribution in [0, 0.1) is 10.8 Å². The van der Waals surface area contributed by atoms with Crippen LogP contribution in [0.4, 0.5) is 8.78 Å². The van der Waals surface area contributed by atoms with Crippen molar-refractivity contribution in [3.05, 3.63) is 35.9 Å². The van der Waals surface area contributed by atoms with Gasteiger partial charge in [-0.2, -0.15) is 0 Å². The highest BCUT2D eigenvalue weighted by Gasteiger charge is 2.91. The number of rotatable bonds is 5. The molecule has 108 valence electrons. The Kier molecular flexibility index (Phi) is 2.87. The molecule has 0 radical (unpaired) electrons. The molecule has 0 spiro atoms. The second-order valence-corrected chi connectivity index (χ2v) is 5.83. The molecule has 1 aromatic rings. The molecule has 0 atom stereocenters. The Morgan fingerprint density at radius 2 is 1.90 bits per heavy atom. The maximum atomic E-state index is 14.0. The molecule has 4 rings (SSSR count). The Hall–Kier alpha value is -1.49. The molecule has 0 amide bonds. The van der Waals surface area contributed by atoms with Crippen LogP contribution in [0.15, 0.2) is 30.3 Å². The van der Waals surface area contributed by atoms with Crippen molar-refractivity contribution >= 4 is 5.97 Å². The predicted octanol–water partition coefficient (Wildman–Crippen LogP) is 2.53. The molecule has 3 aliphatic carbocycles. The zero-order valence-corrected chi connectivity index (χ0v) is 10.9. The molecule has 3 aliphatic rings. The molecular weight excluding hydrogens is 266 g/mol. The van der Waals surface area contributed by atoms with E-state index < -0.39 is 22.7 Å². The minimum Gasteiger partial charge on any atom is -0.460 e. The molecule has 0 aliphatic heterocycles. The van der Waals surface area contributed by atoms with Crippen molar-refractivity contribution in [1.29, 1.82) is 0 Å². The maximum absolute atomic E-state index is 14.0. The van der Waals surface area contributed by atoms with E-state index in [9.17, 15) is 13.6 Å². The third-order valence-electron chi connectivity index (χ3n) is 4.74. The van der Waals surface area contributed by atoms with Crippen LogP contribution in [0.25, 0.3) is 0 Å². The summed E-state index contributed by atoms with van der Waals surface area (Å²) in [7, 11) is 0. The summed E-state index contributed by atoms with van der Waals surface area (Å²) in [5, 5.41) is 8.85. The number of esters is 1. The number of halogens is 2. The summed E-state index contributed by atoms with van der Waals surface area (Å²) in [6.07, 6.45) is 0.302. The molecule has 0 aromatic heterocycles. The van der Waals surface area contributed by atoms with Crippen molar-refractivity contribution in [1.82, 2.24) is 0 Å². The first-order valence-electron chi connectivity index (χ1n) is 6.67. The third kappa shape index (κ3) is 1.50. The SMILES string of the molecule is O=C(OCc1ccccc1)C12CC(CCO)(C1)C2(F)F. The molecule has 2 bridgehead atoms. The van der Waals surface area contributed by atoms with Gasteiger partial charge in [0.2, 0.25) is 0 Å². The molecule has 1 aromatic carbocycles. The Morgan fingerprint density at radius 3 is 2.45 bits per heavy atom. The second kappa shape index (κ2) is 4.25. The summed E-state index contributed by atoms with van der Waals surface area (Å²) in [4.78, 5) is 12.0. The first kappa shape index (κ1) is 13.5. The minimum absolute atomic E-state index is 0.0184. The first-order chi connectivity index (χ1) is 9.47. The van der Waals surface area contributed by atoms with Crippen molar-refractivity contribution in [3.8, 4) is 0 Å². The lowest BCUT2D eigenvalue weighted by atomic mass is 9.31. The summed E-state index contributed by atoms with van der Waals surface area (Å²) >= 11 is 0. The predicted molar refractivity (Wildman–Crippen MR) is 67.0 cm³/mol. The van der Waals surface area contributed by atoms with Crippen molar-refractivity contribution in [2.45, 2.75) is 31.8 Å². The van der Waals surface area contributed by atoms with E-state index in [-0.39, 0.29) is 32.5 Å². The van der Waals surface area contributed by atoms with Gasteiger partial charge in [-0.3, -0.25) is 4.79 Å². The molecule has 0 saturated heterocycles. The number of carbonyl (C=O) groups is 1. The number of ether oxygens (including phenoxy) is 1. The number of alkyl halides is 2. The number of aliphatic hydroxyl groups excluding tert-OH is 1. The lowest BCUT2D eigenvalue weighted by molar-refractivity contribution is -0.402. The van der Waals surface area contributed by atoms with Gasteiger partial charge in [0, 0.05) is 12.0 Å². The Balaban J connectivity index is 1.63. The first-order valence-corrected chi connectivity index (χ1v) is 6.67. The third-order valence-corrected chi connectivity index (χ3v) is 4.74. The van der Waals surface area contributed by atoms with Gasteiger partial charge < -0.3 is 9.84 Å². The quantitative estimate of drug-likeness (QED) is 0.844. The van der Waals surface area contributed by atoms with E-state index in [1.165, 1.54) is 0 Å². The summed E-state index contributed by atoms with van der Waals surface area (Å²) in [6, 6.07) is 8.99. The smallest absolute Gasteiger partial charge is 0.318 e. The van der Waals surface area contributed by atoms with E-state index in [1.807, 2.05) is 6.07 Å². The number of hydrogen-bond donors (Lipinski definition) is 1. The zero-order chi connectivity index (χ0) is 14.4. The highest BCUT2D eigenvalue weighted by Crippen LogP contribution is 2.83. The normalized spacial score (nSPS) is 33.0. The highest BCUT2D eigenvalue weighted by molar-refractivity contribution is 5.83. The van der Waals surface area contributed by atoms with Gasteiger partial charge in [0.15, 0.2) is 0 Å². The maximum Gasteiger partial charge on any atom is 0.318 e. The van der Waals surface area contributed by atoms with Crippen molar-refractivity contribution in [2.75, 3.05) is 6.61 Å². The average Bonchev–Trinajstić information content (AvgIpc) is 2.41. The molecule has 3 fully saturated rings. The molecule has 3 saturated carbocycles. The Bertz CT molecular complexity index is 521. The molecule has 20 heavy (non-hydrogen) atoms. The molecular formula is C15H16F2O3. The van der Waals surface area contributed by atoms with E-state index in [0.717, 1.165) is 5.56 Å². The van der Waals surface area contributed by atoms with Gasteiger partial charge in [-0.1, -0.05) is 30.3 Å². The minimum atomic E-state index is -3.05. The average molecular weight is 282 g/mol. The van der Waals surface area contributed by atoms with Crippen molar-refractivity contribution < 1.29 is 23.4 Å². The van der Waals surface area contributed by atoms with Crippen LogP contribution in [-0.4, -0.2) is 23.6 Å². The Morgan fingerprint density at radius 1 is 1.25 bits per heavy atom. The second-order valence-electron chi connectivity index (χ2n) is 5.83. The van der Waals surface area contributed by atoms with E-state index in [1.54, 1.807) is 24.3 Å². The summed E-state index contributed by atoms with van der Waals surface area (Å²) in [5.41, 5.74) is -2.04. The lowest BCUT2D eigenvalue weighted by Crippen LogP contribution is -2.81. The van der Waals surface area contributed by atoms with Crippen LogP contribution in [0.5, 0.6) is 0 Å². The largest absolute Gasteiger partial charge is 0.460 e. The fourth-order valence-electron chi connectivity index (χ4n) is 3.52. The fraction of sp³-hybridized carbons (Fsp3) is 0.533. The number of benzene rings is 1. The van der Waals surface area contributed by atoms with Gasteiger partial charge in [0.25, 0.3) is 5.92 Å². The van der Waals surface area contributed by atoms with Crippen LogP contribution < -0.4 is 0 Å². The molecule has 3 nitrogen and oxygen atoms in total. The van der Waals surface area contributed by atoms with Crippen LogP contribution >= 0.6 is 0 Å². The van der Waals surface area contributed by atoms with E-state index in [4.69, 9.17) is 9.84 Å². The number of hydrogen-bond acceptors (Lipinski definition) is 3. The van der Waals surface area contributed by atoms with Gasteiger partial charge in [0.05, 0.1) is 0 Å². The van der Waals surface area contributed by atoms with Gasteiger partial charge >= 0.3 is 5.97 Å². The van der Waals surface area contributed by atoms with E-state index in [2.05, 4.69) is 0 Å². The summed E-state index contributed by atoms with van der Waals surface area (Å²) in [6.45, 7) is -0.255. The molecule has 0 heterocycles. The number of carbonyl (C=O) groups excluding carboxylic acids is 1. The van der Waals surface area contributed by atoms with Gasteiger partial charge in [-0.05, 0) is 24.8 Å². The van der Waals surface area contributed by atoms with Crippen LogP contribution in [0.1, 0.15) is 24.8 Å². The van der Waals surface area contributed by atoms with Crippen LogP contribution in [0.2, 0.25) is 0 Å². The van der Waals surface area contributed by atoms with Crippen molar-refractivity contribution in [2.24, 2.45) is 10.8 Å². The lowest BCUT2D eigenvalue weighted by Gasteiger charge is -2.73. The topological polar surface area (TPSA) is 46.5 Å². The van der Waals surface area contributed by atoms with E-state index >= 15 is 0 Å². The number of aliphatic hydroxyl groups is 1. The molecule has 0 unspecified atom stereocenters. The highest BCUT2D eigenvalue weighted by atomic mass is 19.3.